The second kappa shape index (κ2) is 7.50. The second-order valence-electron chi connectivity index (χ2n) is 4.75. The summed E-state index contributed by atoms with van der Waals surface area (Å²) in [5, 5.41) is 0.00177. The minimum atomic E-state index is -4.55. The third-order valence-corrected chi connectivity index (χ3v) is 3.09. The molecule has 0 spiro atoms. The summed E-state index contributed by atoms with van der Waals surface area (Å²) >= 11 is 5.67. The van der Waals surface area contributed by atoms with Crippen LogP contribution >= 0.6 is 11.6 Å². The van der Waals surface area contributed by atoms with Gasteiger partial charge in [-0.15, -0.1) is 0 Å². The SMILES string of the molecule is CCCO/C(Cn1ccnc1)=N\c1ccc(Cl)cc1C(F)(F)F. The van der Waals surface area contributed by atoms with E-state index in [0.29, 0.717) is 6.61 Å². The molecule has 0 atom stereocenters. The molecule has 0 bridgehead atoms. The van der Waals surface area contributed by atoms with Crippen LogP contribution in [-0.2, 0) is 17.5 Å². The Morgan fingerprint density at radius 2 is 2.17 bits per heavy atom. The molecule has 0 fully saturated rings. The highest BCUT2D eigenvalue weighted by Crippen LogP contribution is 2.38. The largest absolute Gasteiger partial charge is 0.479 e. The average molecular weight is 346 g/mol. The van der Waals surface area contributed by atoms with E-state index in [-0.39, 0.29) is 23.2 Å². The fourth-order valence-electron chi connectivity index (χ4n) is 1.84. The maximum absolute atomic E-state index is 13.1. The Morgan fingerprint density at radius 1 is 1.39 bits per heavy atom. The average Bonchev–Trinajstić information content (AvgIpc) is 2.98. The molecular weight excluding hydrogens is 331 g/mol. The van der Waals surface area contributed by atoms with Crippen molar-refractivity contribution >= 4 is 23.2 Å². The fraction of sp³-hybridized carbons (Fsp3) is 0.333. The first-order chi connectivity index (χ1) is 10.9. The van der Waals surface area contributed by atoms with E-state index in [9.17, 15) is 13.2 Å². The lowest BCUT2D eigenvalue weighted by Crippen LogP contribution is -2.14. The monoisotopic (exact) mass is 345 g/mol. The molecule has 4 nitrogen and oxygen atoms in total. The lowest BCUT2D eigenvalue weighted by atomic mass is 10.2. The highest BCUT2D eigenvalue weighted by atomic mass is 35.5. The molecule has 8 heteroatoms. The third-order valence-electron chi connectivity index (χ3n) is 2.86. The Labute approximate surface area is 136 Å². The number of ether oxygens (including phenoxy) is 1. The molecule has 2 aromatic rings. The molecule has 0 amide bonds. The molecule has 0 unspecified atom stereocenters. The van der Waals surface area contributed by atoms with Crippen LogP contribution in [0.4, 0.5) is 18.9 Å². The van der Waals surface area contributed by atoms with Crippen LogP contribution in [0.15, 0.2) is 41.9 Å². The third kappa shape index (κ3) is 4.99. The summed E-state index contributed by atoms with van der Waals surface area (Å²) in [6.07, 6.45) is 0.958. The van der Waals surface area contributed by atoms with Gasteiger partial charge in [0.1, 0.15) is 0 Å². The number of aromatic nitrogens is 2. The number of rotatable bonds is 5. The molecule has 124 valence electrons. The van der Waals surface area contributed by atoms with Crippen LogP contribution in [-0.4, -0.2) is 22.1 Å². The van der Waals surface area contributed by atoms with Gasteiger partial charge in [0.25, 0.3) is 0 Å². The van der Waals surface area contributed by atoms with Gasteiger partial charge in [0, 0.05) is 17.4 Å². The maximum atomic E-state index is 13.1. The van der Waals surface area contributed by atoms with Crippen LogP contribution in [0.3, 0.4) is 0 Å². The number of nitrogens with zero attached hydrogens (tertiary/aromatic N) is 3. The summed E-state index contributed by atoms with van der Waals surface area (Å²) in [6, 6.07) is 3.45. The summed E-state index contributed by atoms with van der Waals surface area (Å²) in [5.41, 5.74) is -1.12. The van der Waals surface area contributed by atoms with Crippen molar-refractivity contribution in [1.82, 2.24) is 9.55 Å². The van der Waals surface area contributed by atoms with Gasteiger partial charge in [0.15, 0.2) is 0 Å². The second-order valence-corrected chi connectivity index (χ2v) is 5.18. The zero-order chi connectivity index (χ0) is 16.9. The summed E-state index contributed by atoms with van der Waals surface area (Å²) in [5.74, 6) is 0.178. The molecule has 0 aliphatic carbocycles. The van der Waals surface area contributed by atoms with Crippen molar-refractivity contribution in [2.75, 3.05) is 6.61 Å². The van der Waals surface area contributed by atoms with Crippen molar-refractivity contribution in [1.29, 1.82) is 0 Å². The Bertz CT molecular complexity index is 669. The van der Waals surface area contributed by atoms with E-state index < -0.39 is 11.7 Å². The first-order valence-corrected chi connectivity index (χ1v) is 7.30. The molecule has 0 saturated carbocycles. The molecular formula is C15H15ClF3N3O. The van der Waals surface area contributed by atoms with Gasteiger partial charge >= 0.3 is 6.18 Å². The number of benzene rings is 1. The minimum Gasteiger partial charge on any atom is -0.479 e. The molecule has 2 rings (SSSR count). The zero-order valence-electron chi connectivity index (χ0n) is 12.3. The number of hydrogen-bond acceptors (Lipinski definition) is 3. The number of imidazole rings is 1. The Kier molecular flexibility index (Phi) is 5.65. The normalized spacial score (nSPS) is 12.5. The summed E-state index contributed by atoms with van der Waals surface area (Å²) in [7, 11) is 0. The van der Waals surface area contributed by atoms with Gasteiger partial charge in [0.05, 0.1) is 30.7 Å². The molecule has 1 heterocycles. The van der Waals surface area contributed by atoms with E-state index in [4.69, 9.17) is 16.3 Å². The zero-order valence-corrected chi connectivity index (χ0v) is 13.1. The van der Waals surface area contributed by atoms with Crippen molar-refractivity contribution in [3.63, 3.8) is 0 Å². The molecule has 1 aromatic heterocycles. The topological polar surface area (TPSA) is 39.4 Å². The molecule has 0 aliphatic rings. The van der Waals surface area contributed by atoms with Crippen LogP contribution in [0, 0.1) is 0 Å². The first kappa shape index (κ1) is 17.3. The molecule has 23 heavy (non-hydrogen) atoms. The fourth-order valence-corrected chi connectivity index (χ4v) is 2.01. The van der Waals surface area contributed by atoms with E-state index in [1.807, 2.05) is 6.92 Å². The Morgan fingerprint density at radius 3 is 2.78 bits per heavy atom. The van der Waals surface area contributed by atoms with E-state index in [1.54, 1.807) is 17.0 Å². The molecule has 1 aromatic carbocycles. The van der Waals surface area contributed by atoms with Crippen molar-refractivity contribution < 1.29 is 17.9 Å². The van der Waals surface area contributed by atoms with Crippen LogP contribution in [0.5, 0.6) is 0 Å². The van der Waals surface area contributed by atoms with E-state index in [2.05, 4.69) is 9.98 Å². The van der Waals surface area contributed by atoms with Crippen molar-refractivity contribution in [2.45, 2.75) is 26.1 Å². The predicted octanol–water partition coefficient (Wildman–Crippen LogP) is 4.71. The van der Waals surface area contributed by atoms with Crippen molar-refractivity contribution in [3.05, 3.63) is 47.5 Å². The van der Waals surface area contributed by atoms with Gasteiger partial charge in [0.2, 0.25) is 5.90 Å². The van der Waals surface area contributed by atoms with E-state index >= 15 is 0 Å². The highest BCUT2D eigenvalue weighted by Gasteiger charge is 2.34. The minimum absolute atomic E-state index is 0.00177. The van der Waals surface area contributed by atoms with Crippen LogP contribution in [0.1, 0.15) is 18.9 Å². The molecule has 0 aliphatic heterocycles. The highest BCUT2D eigenvalue weighted by molar-refractivity contribution is 6.30. The van der Waals surface area contributed by atoms with Gasteiger partial charge in [-0.25, -0.2) is 9.98 Å². The molecule has 0 radical (unpaired) electrons. The van der Waals surface area contributed by atoms with Gasteiger partial charge in [-0.05, 0) is 24.6 Å². The lowest BCUT2D eigenvalue weighted by molar-refractivity contribution is -0.137. The maximum Gasteiger partial charge on any atom is 0.418 e. The van der Waals surface area contributed by atoms with Gasteiger partial charge in [-0.2, -0.15) is 13.2 Å². The number of hydrogen-bond donors (Lipinski definition) is 0. The van der Waals surface area contributed by atoms with Crippen molar-refractivity contribution in [2.24, 2.45) is 4.99 Å². The van der Waals surface area contributed by atoms with E-state index in [0.717, 1.165) is 12.5 Å². The lowest BCUT2D eigenvalue weighted by Gasteiger charge is -2.13. The van der Waals surface area contributed by atoms with Crippen LogP contribution in [0.25, 0.3) is 0 Å². The summed E-state index contributed by atoms with van der Waals surface area (Å²) < 4.78 is 46.5. The first-order valence-electron chi connectivity index (χ1n) is 6.93. The molecule has 0 N–H and O–H groups in total. The van der Waals surface area contributed by atoms with Crippen molar-refractivity contribution in [3.8, 4) is 0 Å². The quantitative estimate of drug-likeness (QED) is 0.581. The van der Waals surface area contributed by atoms with Crippen LogP contribution in [0.2, 0.25) is 5.02 Å². The molecule has 0 saturated heterocycles. The Balaban J connectivity index is 2.37. The summed E-state index contributed by atoms with van der Waals surface area (Å²) in [6.45, 7) is 2.46. The predicted molar refractivity (Wildman–Crippen MR) is 82.0 cm³/mol. The van der Waals surface area contributed by atoms with Gasteiger partial charge in [-0.1, -0.05) is 18.5 Å². The number of halogens is 4. The smallest absolute Gasteiger partial charge is 0.418 e. The van der Waals surface area contributed by atoms with Gasteiger partial charge in [-0.3, -0.25) is 0 Å². The summed E-state index contributed by atoms with van der Waals surface area (Å²) in [4.78, 5) is 7.93. The van der Waals surface area contributed by atoms with Crippen LogP contribution < -0.4 is 0 Å². The standard InChI is InChI=1S/C15H15ClF3N3O/c1-2-7-23-14(9-22-6-5-20-10-22)21-13-4-3-11(16)8-12(13)15(17,18)19/h3-6,8,10H,2,7,9H2,1H3/b21-14-. The number of aliphatic imine (C=N–C) groups is 1. The van der Waals surface area contributed by atoms with E-state index in [1.165, 1.54) is 18.5 Å². The van der Waals surface area contributed by atoms with Gasteiger partial charge < -0.3 is 9.30 Å². The Hall–Kier alpha value is -2.02. The number of alkyl halides is 3.